The number of aliphatic carboxylic acids is 1. The van der Waals surface area contributed by atoms with Gasteiger partial charge in [0, 0.05) is 0 Å². The summed E-state index contributed by atoms with van der Waals surface area (Å²) in [5.74, 6) is -1.63. The van der Waals surface area contributed by atoms with E-state index in [2.05, 4.69) is 0 Å². The Labute approximate surface area is 38.1 Å². The molecule has 0 saturated carbocycles. The van der Waals surface area contributed by atoms with Crippen molar-refractivity contribution in [3.8, 4) is 0 Å². The lowest BCUT2D eigenvalue weighted by molar-refractivity contribution is -0.131. The second-order valence-electron chi connectivity index (χ2n) is 0.772. The maximum absolute atomic E-state index is 10.8. The Morgan fingerprint density at radius 3 is 2.00 bits per heavy atom. The lowest BCUT2D eigenvalue weighted by Crippen LogP contribution is -1.85. The topological polar surface area (TPSA) is 37.3 Å². The van der Waals surface area contributed by atoms with Crippen LogP contribution in [0.15, 0.2) is 12.2 Å². The van der Waals surface area contributed by atoms with E-state index in [0.717, 1.165) is 0 Å². The van der Waals surface area contributed by atoms with Gasteiger partial charge in [-0.15, -0.1) is 0 Å². The van der Waals surface area contributed by atoms with Crippen molar-refractivity contribution >= 4 is 5.97 Å². The number of hydrogen-bond acceptors (Lipinski definition) is 1. The summed E-state index contributed by atoms with van der Waals surface area (Å²) in [5.41, 5.74) is 0. The van der Waals surface area contributed by atoms with E-state index in [4.69, 9.17) is 5.11 Å². The lowest BCUT2D eigenvalue weighted by atomic mass is 10.6. The smallest absolute Gasteiger partial charge is 0.333 e. The van der Waals surface area contributed by atoms with Gasteiger partial charge < -0.3 is 5.11 Å². The van der Waals surface area contributed by atoms with Gasteiger partial charge in [-0.2, -0.15) is 8.78 Å². The van der Waals surface area contributed by atoms with Gasteiger partial charge in [0.1, 0.15) is 0 Å². The first-order valence-electron chi connectivity index (χ1n) is 1.38. The summed E-state index contributed by atoms with van der Waals surface area (Å²) >= 11 is 0. The molecule has 4 heteroatoms. The van der Waals surface area contributed by atoms with Gasteiger partial charge in [0.2, 0.25) is 0 Å². The summed E-state index contributed by atoms with van der Waals surface area (Å²) in [7, 11) is 0. The highest BCUT2D eigenvalue weighted by atomic mass is 19.3. The van der Waals surface area contributed by atoms with Crippen molar-refractivity contribution in [2.75, 3.05) is 0 Å². The molecule has 0 bridgehead atoms. The summed E-state index contributed by atoms with van der Waals surface area (Å²) in [6, 6.07) is 0. The van der Waals surface area contributed by atoms with E-state index in [9.17, 15) is 13.6 Å². The van der Waals surface area contributed by atoms with Crippen molar-refractivity contribution in [1.82, 2.24) is 0 Å². The summed E-state index contributed by atoms with van der Waals surface area (Å²) in [6.45, 7) is 0. The Balaban J connectivity index is 3.68. The molecule has 0 aromatic carbocycles. The average Bonchev–Trinajstić information content (AvgIpc) is 1.27. The zero-order valence-electron chi connectivity index (χ0n) is 3.19. The van der Waals surface area contributed by atoms with E-state index in [1.165, 1.54) is 0 Å². The van der Waals surface area contributed by atoms with E-state index >= 15 is 0 Å². The minimum absolute atomic E-state index is 0.167. The molecular weight excluding hydrogens is 106 g/mol. The first-order chi connectivity index (χ1) is 3.13. The SMILES string of the molecule is O=C(O)C=C(F)F. The second-order valence-corrected chi connectivity index (χ2v) is 0.772. The molecule has 2 nitrogen and oxygen atoms in total. The monoisotopic (exact) mass is 108 g/mol. The van der Waals surface area contributed by atoms with E-state index in [0.29, 0.717) is 0 Å². The molecule has 0 aliphatic heterocycles. The van der Waals surface area contributed by atoms with Crippen molar-refractivity contribution in [2.24, 2.45) is 0 Å². The molecule has 0 saturated heterocycles. The fourth-order valence-corrected chi connectivity index (χ4v) is 0.0933. The first-order valence-corrected chi connectivity index (χ1v) is 1.38. The summed E-state index contributed by atoms with van der Waals surface area (Å²) in [4.78, 5) is 9.25. The Hall–Kier alpha value is -0.930. The fraction of sp³-hybridized carbons (Fsp3) is 0. The Morgan fingerprint density at radius 2 is 2.00 bits per heavy atom. The van der Waals surface area contributed by atoms with Crippen molar-refractivity contribution < 1.29 is 18.7 Å². The minimum atomic E-state index is -2.19. The van der Waals surface area contributed by atoms with Crippen molar-refractivity contribution in [3.63, 3.8) is 0 Å². The Kier molecular flexibility index (Phi) is 1.98. The number of carbonyl (C=O) groups is 1. The highest BCUT2D eigenvalue weighted by Gasteiger charge is 1.91. The van der Waals surface area contributed by atoms with Gasteiger partial charge in [0.05, 0.1) is 6.08 Å². The molecule has 1 N–H and O–H groups in total. The summed E-state index contributed by atoms with van der Waals surface area (Å²) in [6.07, 6.45) is -2.35. The fourth-order valence-electron chi connectivity index (χ4n) is 0.0933. The molecule has 0 unspecified atom stereocenters. The van der Waals surface area contributed by atoms with Gasteiger partial charge in [-0.05, 0) is 0 Å². The van der Waals surface area contributed by atoms with E-state index in [-0.39, 0.29) is 6.08 Å². The number of rotatable bonds is 1. The van der Waals surface area contributed by atoms with Gasteiger partial charge in [-0.1, -0.05) is 0 Å². The molecule has 0 radical (unpaired) electrons. The van der Waals surface area contributed by atoms with Gasteiger partial charge in [0.25, 0.3) is 6.08 Å². The molecule has 0 aromatic heterocycles. The quantitative estimate of drug-likeness (QED) is 0.505. The van der Waals surface area contributed by atoms with Crippen LogP contribution in [0.3, 0.4) is 0 Å². The summed E-state index contributed by atoms with van der Waals surface area (Å²) < 4.78 is 21.5. The van der Waals surface area contributed by atoms with Crippen LogP contribution in [0.1, 0.15) is 0 Å². The highest BCUT2D eigenvalue weighted by Crippen LogP contribution is 1.93. The van der Waals surface area contributed by atoms with Gasteiger partial charge in [0.15, 0.2) is 0 Å². The highest BCUT2D eigenvalue weighted by molar-refractivity contribution is 5.79. The normalized spacial score (nSPS) is 7.71. The molecular formula is C3H2F2O2. The maximum atomic E-state index is 10.8. The molecule has 0 aliphatic carbocycles. The third kappa shape index (κ3) is 5.07. The second kappa shape index (κ2) is 2.28. The third-order valence-electron chi connectivity index (χ3n) is 0.233. The Morgan fingerprint density at radius 1 is 1.57 bits per heavy atom. The largest absolute Gasteiger partial charge is 0.478 e. The van der Waals surface area contributed by atoms with Crippen LogP contribution in [0.2, 0.25) is 0 Å². The van der Waals surface area contributed by atoms with Gasteiger partial charge in [-0.25, -0.2) is 4.79 Å². The molecule has 0 aliphatic rings. The molecule has 0 atom stereocenters. The standard InChI is InChI=1S/C3H2F2O2/c4-2(5)1-3(6)7/h1H,(H,6,7). The van der Waals surface area contributed by atoms with Crippen LogP contribution in [0.5, 0.6) is 0 Å². The Bertz CT molecular complexity index is 104. The number of carboxylic acids is 1. The molecule has 0 spiro atoms. The third-order valence-corrected chi connectivity index (χ3v) is 0.233. The molecule has 0 aromatic rings. The molecule has 0 amide bonds. The van der Waals surface area contributed by atoms with Crippen molar-refractivity contribution in [3.05, 3.63) is 12.2 Å². The number of hydrogen-bond donors (Lipinski definition) is 1. The molecule has 40 valence electrons. The zero-order chi connectivity index (χ0) is 5.86. The van der Waals surface area contributed by atoms with Gasteiger partial charge >= 0.3 is 5.97 Å². The van der Waals surface area contributed by atoms with Crippen LogP contribution in [-0.4, -0.2) is 11.1 Å². The molecule has 0 heterocycles. The van der Waals surface area contributed by atoms with Crippen LogP contribution in [0.4, 0.5) is 8.78 Å². The lowest BCUT2D eigenvalue weighted by Gasteiger charge is -1.72. The number of halogens is 2. The predicted octanol–water partition coefficient (Wildman–Crippen LogP) is 0.851. The van der Waals surface area contributed by atoms with Crippen molar-refractivity contribution in [2.45, 2.75) is 0 Å². The van der Waals surface area contributed by atoms with E-state index < -0.39 is 12.0 Å². The van der Waals surface area contributed by atoms with Crippen LogP contribution in [-0.2, 0) is 4.79 Å². The van der Waals surface area contributed by atoms with E-state index in [1.807, 2.05) is 0 Å². The molecule has 0 fully saturated rings. The first kappa shape index (κ1) is 6.07. The zero-order valence-corrected chi connectivity index (χ0v) is 3.19. The van der Waals surface area contributed by atoms with Crippen molar-refractivity contribution in [1.29, 1.82) is 0 Å². The molecule has 0 rings (SSSR count). The number of carboxylic acid groups (broad SMARTS) is 1. The van der Waals surface area contributed by atoms with Gasteiger partial charge in [-0.3, -0.25) is 0 Å². The average molecular weight is 108 g/mol. The maximum Gasteiger partial charge on any atom is 0.333 e. The summed E-state index contributed by atoms with van der Waals surface area (Å²) in [5, 5.41) is 7.53. The van der Waals surface area contributed by atoms with Crippen LogP contribution >= 0.6 is 0 Å². The van der Waals surface area contributed by atoms with Crippen LogP contribution < -0.4 is 0 Å². The predicted molar refractivity (Wildman–Crippen MR) is 17.9 cm³/mol. The molecule has 7 heavy (non-hydrogen) atoms. The van der Waals surface area contributed by atoms with E-state index in [1.54, 1.807) is 0 Å². The minimum Gasteiger partial charge on any atom is -0.478 e. The van der Waals surface area contributed by atoms with Crippen LogP contribution in [0.25, 0.3) is 0 Å². The van der Waals surface area contributed by atoms with Crippen LogP contribution in [0, 0.1) is 0 Å².